The van der Waals surface area contributed by atoms with Gasteiger partial charge in [-0.05, 0) is 23.3 Å². The zero-order valence-electron chi connectivity index (χ0n) is 17.3. The van der Waals surface area contributed by atoms with Gasteiger partial charge < -0.3 is 5.32 Å². The van der Waals surface area contributed by atoms with Gasteiger partial charge in [-0.3, -0.25) is 24.0 Å². The van der Waals surface area contributed by atoms with Crippen LogP contribution in [-0.4, -0.2) is 24.5 Å². The van der Waals surface area contributed by atoms with Gasteiger partial charge in [-0.15, -0.1) is 23.1 Å². The highest BCUT2D eigenvalue weighted by Gasteiger charge is 2.37. The van der Waals surface area contributed by atoms with Crippen LogP contribution in [0.5, 0.6) is 0 Å². The second-order valence-corrected chi connectivity index (χ2v) is 9.57. The number of rotatable bonds is 4. The lowest BCUT2D eigenvalue weighted by Crippen LogP contribution is -2.43. The Morgan fingerprint density at radius 2 is 1.97 bits per heavy atom. The van der Waals surface area contributed by atoms with Crippen molar-refractivity contribution in [2.75, 3.05) is 11.6 Å². The number of nitrogens with one attached hydrogen (secondary N) is 1. The van der Waals surface area contributed by atoms with Crippen molar-refractivity contribution in [1.29, 1.82) is 0 Å². The van der Waals surface area contributed by atoms with Crippen molar-refractivity contribution in [2.24, 2.45) is 14.1 Å². The first-order valence-electron chi connectivity index (χ1n) is 9.43. The molecule has 2 aromatic heterocycles. The zero-order valence-corrected chi connectivity index (χ0v) is 19.8. The van der Waals surface area contributed by atoms with E-state index in [1.165, 1.54) is 46.8 Å². The first kappa shape index (κ1) is 22.2. The molecule has 0 radical (unpaired) electrons. The molecule has 0 amide bonds. The van der Waals surface area contributed by atoms with Crippen LogP contribution in [-0.2, 0) is 14.1 Å². The van der Waals surface area contributed by atoms with E-state index >= 15 is 0 Å². The van der Waals surface area contributed by atoms with Gasteiger partial charge in [-0.1, -0.05) is 30.4 Å². The van der Waals surface area contributed by atoms with Gasteiger partial charge in [0.25, 0.3) is 11.2 Å². The van der Waals surface area contributed by atoms with E-state index in [2.05, 4.69) is 5.32 Å². The number of aromatic nitrogens is 2. The molecule has 0 aliphatic carbocycles. The third-order valence-corrected chi connectivity index (χ3v) is 7.57. The maximum Gasteiger partial charge on any atom is 0.332 e. The second-order valence-electron chi connectivity index (χ2n) is 7.14. The Morgan fingerprint density at radius 3 is 2.59 bits per heavy atom. The summed E-state index contributed by atoms with van der Waals surface area (Å²) >= 11 is 8.56. The number of nitro benzene ring substituents is 1. The number of thiophene rings is 1. The van der Waals surface area contributed by atoms with Crippen LogP contribution in [0.4, 0.5) is 11.5 Å². The van der Waals surface area contributed by atoms with E-state index in [0.717, 1.165) is 9.44 Å². The second kappa shape index (κ2) is 8.49. The molecule has 4 rings (SSSR count). The lowest BCUT2D eigenvalue weighted by molar-refractivity contribution is -0.384. The molecule has 0 saturated heterocycles. The Morgan fingerprint density at radius 1 is 1.22 bits per heavy atom. The minimum absolute atomic E-state index is 0.0867. The molecule has 3 heterocycles. The number of nitrogens with zero attached hydrogens (tertiary/aromatic N) is 3. The van der Waals surface area contributed by atoms with Crippen molar-refractivity contribution in [3.05, 3.63) is 94.3 Å². The number of hydrogen-bond donors (Lipinski definition) is 1. The lowest BCUT2D eigenvalue weighted by Gasteiger charge is -2.32. The van der Waals surface area contributed by atoms with Crippen LogP contribution in [0.25, 0.3) is 5.70 Å². The fraction of sp³-hybridized carbons (Fsp3) is 0.190. The smallest absolute Gasteiger partial charge is 0.332 e. The molecule has 1 aliphatic rings. The van der Waals surface area contributed by atoms with E-state index < -0.39 is 22.1 Å². The van der Waals surface area contributed by atoms with Gasteiger partial charge in [0.2, 0.25) is 0 Å². The molecule has 11 heteroatoms. The van der Waals surface area contributed by atoms with Gasteiger partial charge in [-0.2, -0.15) is 0 Å². The maximum atomic E-state index is 13.3. The summed E-state index contributed by atoms with van der Waals surface area (Å²) < 4.78 is 2.98. The van der Waals surface area contributed by atoms with Crippen LogP contribution < -0.4 is 16.6 Å². The van der Waals surface area contributed by atoms with Crippen molar-refractivity contribution in [2.45, 2.75) is 5.92 Å². The number of hydrogen-bond acceptors (Lipinski definition) is 8. The highest BCUT2D eigenvalue weighted by atomic mass is 32.2. The monoisotopic (exact) mass is 486 g/mol. The van der Waals surface area contributed by atoms with Gasteiger partial charge in [0.1, 0.15) is 5.82 Å². The molecule has 0 spiro atoms. The Labute approximate surface area is 196 Å². The normalized spacial score (nSPS) is 15.3. The van der Waals surface area contributed by atoms with Crippen LogP contribution in [0.1, 0.15) is 21.9 Å². The molecule has 1 atom stereocenters. The van der Waals surface area contributed by atoms with Crippen LogP contribution in [0.2, 0.25) is 0 Å². The molecule has 0 bridgehead atoms. The van der Waals surface area contributed by atoms with Crippen molar-refractivity contribution in [3.8, 4) is 0 Å². The first-order valence-corrected chi connectivity index (χ1v) is 11.9. The minimum atomic E-state index is -0.686. The van der Waals surface area contributed by atoms with Gasteiger partial charge in [0, 0.05) is 37.7 Å². The van der Waals surface area contributed by atoms with Crippen molar-refractivity contribution >= 4 is 56.7 Å². The molecular weight excluding hydrogens is 468 g/mol. The maximum absolute atomic E-state index is 13.3. The summed E-state index contributed by atoms with van der Waals surface area (Å²) in [6.07, 6.45) is 1.85. The summed E-state index contributed by atoms with van der Waals surface area (Å²) in [5.41, 5.74) is 1.21. The average molecular weight is 487 g/mol. The van der Waals surface area contributed by atoms with Crippen molar-refractivity contribution in [3.63, 3.8) is 0 Å². The van der Waals surface area contributed by atoms with Gasteiger partial charge in [-0.25, -0.2) is 4.79 Å². The Kier molecular flexibility index (Phi) is 5.89. The largest absolute Gasteiger partial charge is 0.340 e. The predicted molar refractivity (Wildman–Crippen MR) is 133 cm³/mol. The fourth-order valence-electron chi connectivity index (χ4n) is 3.85. The third kappa shape index (κ3) is 3.51. The lowest BCUT2D eigenvalue weighted by atomic mass is 9.82. The molecule has 0 fully saturated rings. The summed E-state index contributed by atoms with van der Waals surface area (Å²) in [5, 5.41) is 16.7. The van der Waals surface area contributed by atoms with Crippen LogP contribution in [0, 0.1) is 10.1 Å². The molecule has 164 valence electrons. The minimum Gasteiger partial charge on any atom is -0.340 e. The number of thioether (sulfide) groups is 1. The molecule has 1 aliphatic heterocycles. The quantitative estimate of drug-likeness (QED) is 0.341. The molecule has 0 saturated carbocycles. The SMILES string of the molecule is CSC(=S)C1=C(c2cccs2)Nc2c(c(=O)n(C)c(=O)n2C)C1c1cccc([N+](=O)[O-])c1. The number of nitro groups is 1. The van der Waals surface area contributed by atoms with Crippen LogP contribution in [0.3, 0.4) is 0 Å². The molecule has 1 N–H and O–H groups in total. The van der Waals surface area contributed by atoms with Crippen LogP contribution >= 0.6 is 35.3 Å². The number of thiocarbonyl (C=S) groups is 1. The highest BCUT2D eigenvalue weighted by Crippen LogP contribution is 2.45. The third-order valence-electron chi connectivity index (χ3n) is 5.38. The van der Waals surface area contributed by atoms with Crippen molar-refractivity contribution < 1.29 is 4.92 Å². The molecule has 1 unspecified atom stereocenters. The van der Waals surface area contributed by atoms with Gasteiger partial charge in [0.05, 0.1) is 25.3 Å². The molecule has 32 heavy (non-hydrogen) atoms. The standard InChI is InChI=1S/C21H18N4O4S3/c1-23-18-16(19(26)24(2)21(23)27)14(11-6-4-7-12(10-11)25(28)29)15(20(30)31-3)17(22-18)13-8-5-9-32-13/h4-10,14,22H,1-3H3. The number of fused-ring (bicyclic) bond motifs is 1. The van der Waals surface area contributed by atoms with E-state index in [4.69, 9.17) is 12.2 Å². The van der Waals surface area contributed by atoms with E-state index in [1.54, 1.807) is 19.2 Å². The summed E-state index contributed by atoms with van der Waals surface area (Å²) in [5.74, 6) is -0.334. The molecule has 1 aromatic carbocycles. The zero-order chi connectivity index (χ0) is 23.2. The first-order chi connectivity index (χ1) is 15.3. The van der Waals surface area contributed by atoms with Gasteiger partial charge in [0.15, 0.2) is 0 Å². The van der Waals surface area contributed by atoms with E-state index in [9.17, 15) is 19.7 Å². The van der Waals surface area contributed by atoms with E-state index in [-0.39, 0.29) is 5.69 Å². The summed E-state index contributed by atoms with van der Waals surface area (Å²) in [7, 11) is 3.00. The van der Waals surface area contributed by atoms with Crippen LogP contribution in [0.15, 0.2) is 56.9 Å². The van der Waals surface area contributed by atoms with Crippen molar-refractivity contribution in [1.82, 2.24) is 9.13 Å². The summed E-state index contributed by atoms with van der Waals surface area (Å²) in [4.78, 5) is 37.9. The molecular formula is C21H18N4O4S3. The number of benzene rings is 1. The fourth-order valence-corrected chi connectivity index (χ4v) is 5.25. The van der Waals surface area contributed by atoms with E-state index in [1.807, 2.05) is 23.8 Å². The Balaban J connectivity index is 2.15. The topological polar surface area (TPSA) is 99.2 Å². The van der Waals surface area contributed by atoms with E-state index in [0.29, 0.717) is 32.4 Å². The number of anilines is 1. The Bertz CT molecular complexity index is 1400. The van der Waals surface area contributed by atoms with Gasteiger partial charge >= 0.3 is 5.69 Å². The molecule has 8 nitrogen and oxygen atoms in total. The molecule has 3 aromatic rings. The predicted octanol–water partition coefficient (Wildman–Crippen LogP) is 3.71. The average Bonchev–Trinajstić information content (AvgIpc) is 3.34. The summed E-state index contributed by atoms with van der Waals surface area (Å²) in [6.45, 7) is 0. The Hall–Kier alpha value is -3.02. The summed E-state index contributed by atoms with van der Waals surface area (Å²) in [6, 6.07) is 10.0. The number of non-ortho nitro benzene ring substituents is 1. The highest BCUT2D eigenvalue weighted by molar-refractivity contribution is 8.23.